The van der Waals surface area contributed by atoms with Crippen LogP contribution in [0.1, 0.15) is 51.9 Å². The number of hydrogen-bond acceptors (Lipinski definition) is 11. The number of rotatable bonds is 26. The van der Waals surface area contributed by atoms with E-state index in [0.29, 0.717) is 25.7 Å². The van der Waals surface area contributed by atoms with E-state index in [1.54, 1.807) is 4.90 Å². The Morgan fingerprint density at radius 1 is 0.614 bits per heavy atom. The average Bonchev–Trinajstić information content (AvgIpc) is 2.92. The number of carboxylic acid groups (broad SMARTS) is 4. The van der Waals surface area contributed by atoms with E-state index in [2.05, 4.69) is 16.2 Å². The number of nitrogens with two attached hydrogens (primary N) is 1. The molecule has 0 bridgehead atoms. The average molecular weight is 634 g/mol. The van der Waals surface area contributed by atoms with E-state index in [4.69, 9.17) is 26.2 Å². The summed E-state index contributed by atoms with van der Waals surface area (Å²) in [5, 5.41) is 39.0. The van der Waals surface area contributed by atoms with Gasteiger partial charge in [0.15, 0.2) is 0 Å². The minimum atomic E-state index is -1.24. The van der Waals surface area contributed by atoms with Crippen molar-refractivity contribution in [1.29, 1.82) is 0 Å². The number of carbonyl (C=O) groups excluding carboxylic acids is 3. The van der Waals surface area contributed by atoms with Gasteiger partial charge in [-0.25, -0.2) is 0 Å². The molecule has 18 heteroatoms. The Morgan fingerprint density at radius 3 is 1.55 bits per heavy atom. The lowest BCUT2D eigenvalue weighted by molar-refractivity contribution is -0.143. The van der Waals surface area contributed by atoms with Crippen molar-refractivity contribution >= 4 is 41.6 Å². The second-order valence-electron chi connectivity index (χ2n) is 10.2. The van der Waals surface area contributed by atoms with Crippen molar-refractivity contribution in [1.82, 2.24) is 30.9 Å². The molecule has 0 unspecified atom stereocenters. The van der Waals surface area contributed by atoms with Crippen molar-refractivity contribution in [2.24, 2.45) is 5.73 Å². The molecule has 18 nitrogen and oxygen atoms in total. The highest BCUT2D eigenvalue weighted by atomic mass is 16.4. The number of carboxylic acids is 4. The lowest BCUT2D eigenvalue weighted by Gasteiger charge is -2.28. The van der Waals surface area contributed by atoms with Gasteiger partial charge >= 0.3 is 23.9 Å². The second-order valence-corrected chi connectivity index (χ2v) is 10.2. The van der Waals surface area contributed by atoms with Crippen LogP contribution in [0.2, 0.25) is 0 Å². The summed E-state index contributed by atoms with van der Waals surface area (Å²) in [6, 6.07) is -0.698. The van der Waals surface area contributed by atoms with Crippen LogP contribution in [0.4, 0.5) is 0 Å². The van der Waals surface area contributed by atoms with E-state index in [-0.39, 0.29) is 51.6 Å². The van der Waals surface area contributed by atoms with E-state index in [0.717, 1.165) is 22.6 Å². The smallest absolute Gasteiger partial charge is 0.317 e. The fourth-order valence-electron chi connectivity index (χ4n) is 3.94. The molecule has 0 fully saturated rings. The van der Waals surface area contributed by atoms with Crippen molar-refractivity contribution in [2.45, 2.75) is 57.9 Å². The number of carbonyl (C=O) groups is 7. The first-order valence-corrected chi connectivity index (χ1v) is 14.4. The third kappa shape index (κ3) is 22.7. The van der Waals surface area contributed by atoms with Crippen molar-refractivity contribution in [3.05, 3.63) is 0 Å². The normalized spacial score (nSPS) is 11.8. The first-order valence-electron chi connectivity index (χ1n) is 14.4. The Hall–Kier alpha value is -3.87. The first kappa shape index (κ1) is 40.1. The molecule has 44 heavy (non-hydrogen) atoms. The predicted molar refractivity (Wildman–Crippen MR) is 155 cm³/mol. The van der Waals surface area contributed by atoms with Crippen LogP contribution >= 0.6 is 0 Å². The number of unbranched alkanes of at least 4 members (excludes halogenated alkanes) is 3. The van der Waals surface area contributed by atoms with Gasteiger partial charge in [0.1, 0.15) is 0 Å². The third-order valence-electron chi connectivity index (χ3n) is 6.20. The van der Waals surface area contributed by atoms with Gasteiger partial charge in [0.2, 0.25) is 11.8 Å². The highest BCUT2D eigenvalue weighted by Gasteiger charge is 2.19. The molecule has 0 aliphatic carbocycles. The van der Waals surface area contributed by atoms with Gasteiger partial charge in [-0.3, -0.25) is 59.1 Å². The highest BCUT2D eigenvalue weighted by molar-refractivity contribution is 5.85. The molecular weight excluding hydrogens is 586 g/mol. The zero-order valence-corrected chi connectivity index (χ0v) is 25.2. The largest absolute Gasteiger partial charge is 0.480 e. The Balaban J connectivity index is 4.78. The van der Waals surface area contributed by atoms with Gasteiger partial charge in [-0.05, 0) is 19.3 Å². The third-order valence-corrected chi connectivity index (χ3v) is 6.20. The summed E-state index contributed by atoms with van der Waals surface area (Å²) in [6.45, 7) is -0.0786. The molecular formula is C26H47N7O11. The maximum absolute atomic E-state index is 12.6. The standard InChI is InChI=1S/C26H47N7O11/c1-2-3-7-19(27)26(44)30-29-20(34)8-5-4-6-9-28-21(35)14-31(10-12-32(15-22(36)37)16-23(38)39)11-13-33(17-24(40)41)18-25(42)43/h19H,2-18,27H2,1H3,(H,28,35)(H,29,34)(H,30,44)(H,36,37)(H,38,39)(H,40,41)(H,42,43)/t19-/m1/s1. The number of hydrogen-bond donors (Lipinski definition) is 8. The molecule has 0 saturated carbocycles. The van der Waals surface area contributed by atoms with Crippen LogP contribution in [0, 0.1) is 0 Å². The monoisotopic (exact) mass is 633 g/mol. The number of aliphatic carboxylic acids is 4. The molecule has 3 amide bonds. The lowest BCUT2D eigenvalue weighted by atomic mass is 10.1. The molecule has 0 spiro atoms. The maximum Gasteiger partial charge on any atom is 0.317 e. The molecule has 252 valence electrons. The van der Waals surface area contributed by atoms with E-state index >= 15 is 0 Å². The SMILES string of the molecule is CCCC[C@@H](N)C(=O)NNC(=O)CCCCCNC(=O)CN(CCN(CC(=O)O)CC(=O)O)CCN(CC(=O)O)CC(=O)O. The van der Waals surface area contributed by atoms with E-state index in [1.165, 1.54) is 0 Å². The Morgan fingerprint density at radius 2 is 1.09 bits per heavy atom. The molecule has 0 aromatic heterocycles. The van der Waals surface area contributed by atoms with Crippen molar-refractivity contribution in [2.75, 3.05) is 65.4 Å². The van der Waals surface area contributed by atoms with Gasteiger partial charge in [0.25, 0.3) is 5.91 Å². The number of nitrogens with zero attached hydrogens (tertiary/aromatic N) is 3. The molecule has 0 aromatic carbocycles. The maximum atomic E-state index is 12.6. The van der Waals surface area contributed by atoms with Gasteiger partial charge < -0.3 is 31.5 Å². The van der Waals surface area contributed by atoms with Crippen molar-refractivity contribution in [3.8, 4) is 0 Å². The molecule has 0 aliphatic heterocycles. The van der Waals surface area contributed by atoms with E-state index < -0.39 is 67.9 Å². The zero-order chi connectivity index (χ0) is 33.5. The van der Waals surface area contributed by atoms with Crippen LogP contribution in [0.15, 0.2) is 0 Å². The minimum absolute atomic E-state index is 0.0308. The highest BCUT2D eigenvalue weighted by Crippen LogP contribution is 2.01. The topological polar surface area (TPSA) is 272 Å². The Labute approximate surface area is 255 Å². The quantitative estimate of drug-likeness (QED) is 0.0363. The van der Waals surface area contributed by atoms with Gasteiger partial charge in [0.05, 0.1) is 38.8 Å². The molecule has 0 radical (unpaired) electrons. The lowest BCUT2D eigenvalue weighted by Crippen LogP contribution is -2.49. The molecule has 0 aromatic rings. The molecule has 0 saturated heterocycles. The first-order chi connectivity index (χ1) is 20.7. The summed E-state index contributed by atoms with van der Waals surface area (Å²) in [4.78, 5) is 84.6. The van der Waals surface area contributed by atoms with Crippen LogP contribution in [-0.2, 0) is 33.6 Å². The van der Waals surface area contributed by atoms with Crippen LogP contribution in [-0.4, -0.2) is 148 Å². The molecule has 9 N–H and O–H groups in total. The van der Waals surface area contributed by atoms with E-state index in [1.807, 2.05) is 6.92 Å². The summed E-state index contributed by atoms with van der Waals surface area (Å²) in [5.41, 5.74) is 10.4. The predicted octanol–water partition coefficient (Wildman–Crippen LogP) is -2.43. The van der Waals surface area contributed by atoms with Gasteiger partial charge in [-0.15, -0.1) is 0 Å². The van der Waals surface area contributed by atoms with Crippen LogP contribution in [0.25, 0.3) is 0 Å². The fourth-order valence-corrected chi connectivity index (χ4v) is 3.94. The number of nitrogens with one attached hydrogen (secondary N) is 3. The Bertz CT molecular complexity index is 879. The van der Waals surface area contributed by atoms with Crippen LogP contribution in [0.5, 0.6) is 0 Å². The van der Waals surface area contributed by atoms with Crippen molar-refractivity contribution < 1.29 is 54.0 Å². The molecule has 1 atom stereocenters. The van der Waals surface area contributed by atoms with E-state index in [9.17, 15) is 33.6 Å². The summed E-state index contributed by atoms with van der Waals surface area (Å²) in [6.07, 6.45) is 4.01. The Kier molecular flexibility index (Phi) is 21.5. The van der Waals surface area contributed by atoms with Gasteiger partial charge in [0, 0.05) is 39.1 Å². The number of amides is 3. The summed E-state index contributed by atoms with van der Waals surface area (Å²) in [5.74, 6) is -6.19. The van der Waals surface area contributed by atoms with Gasteiger partial charge in [-0.2, -0.15) is 0 Å². The van der Waals surface area contributed by atoms with Gasteiger partial charge in [-0.1, -0.05) is 26.2 Å². The summed E-state index contributed by atoms with van der Waals surface area (Å²) >= 11 is 0. The van der Waals surface area contributed by atoms with Crippen molar-refractivity contribution in [3.63, 3.8) is 0 Å². The molecule has 0 aliphatic rings. The summed E-state index contributed by atoms with van der Waals surface area (Å²) < 4.78 is 0. The molecule has 0 heterocycles. The second kappa shape index (κ2) is 23.6. The zero-order valence-electron chi connectivity index (χ0n) is 25.2. The van der Waals surface area contributed by atoms with Crippen LogP contribution in [0.3, 0.4) is 0 Å². The fraction of sp³-hybridized carbons (Fsp3) is 0.731. The minimum Gasteiger partial charge on any atom is -0.480 e. The molecule has 0 rings (SSSR count). The van der Waals surface area contributed by atoms with Crippen LogP contribution < -0.4 is 21.9 Å². The number of hydrazine groups is 1. The summed E-state index contributed by atoms with van der Waals surface area (Å²) in [7, 11) is 0.